The Hall–Kier alpha value is -2.36. The number of thioether (sulfide) groups is 1. The molecular weight excluding hydrogens is 429 g/mol. The van der Waals surface area contributed by atoms with Crippen LogP contribution in [0.1, 0.15) is 53.1 Å². The van der Waals surface area contributed by atoms with Crippen LogP contribution in [0.25, 0.3) is 0 Å². The molecule has 0 spiro atoms. The number of aromatic nitrogens is 1. The van der Waals surface area contributed by atoms with Gasteiger partial charge in [-0.2, -0.15) is 13.2 Å². The summed E-state index contributed by atoms with van der Waals surface area (Å²) in [5, 5.41) is 9.49. The Bertz CT molecular complexity index is 899. The number of carboxylic acids is 1. The van der Waals surface area contributed by atoms with Gasteiger partial charge in [0.15, 0.2) is 0 Å². The number of nitrogens with zero attached hydrogens (tertiary/aromatic N) is 1. The largest absolute Gasteiger partial charge is 0.497 e. The summed E-state index contributed by atoms with van der Waals surface area (Å²) in [6.07, 6.45) is -8.57. The smallest absolute Gasteiger partial charge is 0.433 e. The number of carbonyl (C=O) groups is 1. The second-order valence-corrected chi connectivity index (χ2v) is 7.89. The molecule has 10 heteroatoms. The normalized spacial score (nSPS) is 11.9. The molecule has 2 rings (SSSR count). The van der Waals surface area contributed by atoms with Crippen LogP contribution in [0, 0.1) is 5.92 Å². The molecule has 0 radical (unpaired) electrons. The number of ether oxygens (including phenoxy) is 1. The van der Waals surface area contributed by atoms with E-state index in [1.54, 1.807) is 38.1 Å². The number of rotatable bonds is 8. The molecule has 0 unspecified atom stereocenters. The molecule has 4 nitrogen and oxygen atoms in total. The molecule has 0 atom stereocenters. The highest BCUT2D eigenvalue weighted by molar-refractivity contribution is 7.98. The molecule has 0 saturated carbocycles. The molecule has 0 saturated heterocycles. The summed E-state index contributed by atoms with van der Waals surface area (Å²) >= 11 is 1.02. The zero-order valence-electron chi connectivity index (χ0n) is 16.4. The van der Waals surface area contributed by atoms with Crippen molar-refractivity contribution in [3.05, 3.63) is 52.3 Å². The van der Waals surface area contributed by atoms with Crippen LogP contribution < -0.4 is 4.74 Å². The van der Waals surface area contributed by atoms with Gasteiger partial charge < -0.3 is 9.84 Å². The minimum Gasteiger partial charge on any atom is -0.497 e. The molecule has 0 aliphatic rings. The van der Waals surface area contributed by atoms with Gasteiger partial charge in [0.05, 0.1) is 12.7 Å². The van der Waals surface area contributed by atoms with E-state index in [-0.39, 0.29) is 29.2 Å². The molecule has 0 aliphatic carbocycles. The van der Waals surface area contributed by atoms with Crippen molar-refractivity contribution < 1.29 is 36.6 Å². The maximum atomic E-state index is 13.7. The van der Waals surface area contributed by atoms with Crippen LogP contribution in [0.2, 0.25) is 0 Å². The van der Waals surface area contributed by atoms with Gasteiger partial charge in [-0.3, -0.25) is 0 Å². The van der Waals surface area contributed by atoms with Gasteiger partial charge >= 0.3 is 12.1 Å². The van der Waals surface area contributed by atoms with Crippen LogP contribution in [0.15, 0.2) is 29.2 Å². The molecule has 0 fully saturated rings. The van der Waals surface area contributed by atoms with Crippen molar-refractivity contribution in [1.29, 1.82) is 0 Å². The number of alkyl halides is 5. The third-order valence-corrected chi connectivity index (χ3v) is 5.22. The van der Waals surface area contributed by atoms with E-state index < -0.39 is 35.5 Å². The van der Waals surface area contributed by atoms with Crippen LogP contribution in [-0.2, 0) is 18.3 Å². The third-order valence-electron chi connectivity index (χ3n) is 4.18. The number of aromatic carboxylic acids is 1. The maximum Gasteiger partial charge on any atom is 0.433 e. The van der Waals surface area contributed by atoms with Crippen molar-refractivity contribution in [2.75, 3.05) is 7.11 Å². The summed E-state index contributed by atoms with van der Waals surface area (Å²) in [6.45, 7) is 3.34. The highest BCUT2D eigenvalue weighted by Crippen LogP contribution is 2.40. The van der Waals surface area contributed by atoms with Gasteiger partial charge in [0.25, 0.3) is 6.43 Å². The topological polar surface area (TPSA) is 59.4 Å². The van der Waals surface area contributed by atoms with Gasteiger partial charge in [0.1, 0.15) is 17.1 Å². The molecule has 30 heavy (non-hydrogen) atoms. The molecular formula is C20H20F5NO3S. The van der Waals surface area contributed by atoms with Crippen LogP contribution in [-0.4, -0.2) is 23.2 Å². The number of methoxy groups -OCH3 is 1. The van der Waals surface area contributed by atoms with Crippen molar-refractivity contribution in [2.45, 2.75) is 43.5 Å². The molecule has 1 heterocycles. The van der Waals surface area contributed by atoms with E-state index in [4.69, 9.17) is 4.74 Å². The second-order valence-electron chi connectivity index (χ2n) is 6.84. The summed E-state index contributed by atoms with van der Waals surface area (Å²) in [4.78, 5) is 15.4. The van der Waals surface area contributed by atoms with Crippen LogP contribution in [0.4, 0.5) is 22.0 Å². The van der Waals surface area contributed by atoms with Crippen LogP contribution >= 0.6 is 11.8 Å². The lowest BCUT2D eigenvalue weighted by atomic mass is 9.91. The average molecular weight is 449 g/mol. The fraction of sp³-hybridized carbons (Fsp3) is 0.400. The fourth-order valence-electron chi connectivity index (χ4n) is 2.94. The van der Waals surface area contributed by atoms with Crippen molar-refractivity contribution in [3.8, 4) is 5.75 Å². The Labute approximate surface area is 174 Å². The number of halogens is 5. The monoisotopic (exact) mass is 449 g/mol. The zero-order valence-corrected chi connectivity index (χ0v) is 17.2. The van der Waals surface area contributed by atoms with Gasteiger partial charge in [-0.25, -0.2) is 18.6 Å². The van der Waals surface area contributed by atoms with Crippen molar-refractivity contribution >= 4 is 17.7 Å². The first-order valence-electron chi connectivity index (χ1n) is 8.86. The van der Waals surface area contributed by atoms with E-state index in [1.807, 2.05) is 0 Å². The van der Waals surface area contributed by atoms with E-state index in [1.165, 1.54) is 7.11 Å². The summed E-state index contributed by atoms with van der Waals surface area (Å²) < 4.78 is 72.9. The number of hydrogen-bond acceptors (Lipinski definition) is 4. The van der Waals surface area contributed by atoms with E-state index in [0.29, 0.717) is 10.6 Å². The first kappa shape index (κ1) is 23.9. The van der Waals surface area contributed by atoms with Crippen LogP contribution in [0.5, 0.6) is 5.75 Å². The molecule has 0 bridgehead atoms. The maximum absolute atomic E-state index is 13.7. The predicted octanol–water partition coefficient (Wildman–Crippen LogP) is 6.24. The first-order chi connectivity index (χ1) is 14.0. The van der Waals surface area contributed by atoms with E-state index in [9.17, 15) is 31.9 Å². The molecule has 1 aromatic carbocycles. The summed E-state index contributed by atoms with van der Waals surface area (Å²) in [5.74, 6) is -1.70. The molecule has 0 aliphatic heterocycles. The van der Waals surface area contributed by atoms with Gasteiger partial charge in [-0.05, 0) is 47.7 Å². The number of carboxylic acid groups (broad SMARTS) is 1. The summed E-state index contributed by atoms with van der Waals surface area (Å²) in [7, 11) is 1.47. The summed E-state index contributed by atoms with van der Waals surface area (Å²) in [6, 6.07) is 6.53. The Balaban J connectivity index is 2.66. The van der Waals surface area contributed by atoms with Gasteiger partial charge in [-0.15, -0.1) is 11.8 Å². The Kier molecular flexibility index (Phi) is 7.68. The lowest BCUT2D eigenvalue weighted by Crippen LogP contribution is -2.21. The van der Waals surface area contributed by atoms with Crippen molar-refractivity contribution in [3.63, 3.8) is 0 Å². The number of pyridine rings is 1. The highest BCUT2D eigenvalue weighted by Gasteiger charge is 2.40. The Morgan fingerprint density at radius 3 is 2.20 bits per heavy atom. The number of benzene rings is 1. The molecule has 0 amide bonds. The lowest BCUT2D eigenvalue weighted by Gasteiger charge is -2.21. The predicted molar refractivity (Wildman–Crippen MR) is 102 cm³/mol. The lowest BCUT2D eigenvalue weighted by molar-refractivity contribution is -0.142. The van der Waals surface area contributed by atoms with Crippen LogP contribution in [0.3, 0.4) is 0 Å². The molecule has 1 N–H and O–H groups in total. The van der Waals surface area contributed by atoms with E-state index >= 15 is 0 Å². The first-order valence-corrected chi connectivity index (χ1v) is 9.85. The molecule has 1 aromatic heterocycles. The molecule has 2 aromatic rings. The minimum atomic E-state index is -5.01. The Morgan fingerprint density at radius 1 is 1.17 bits per heavy atom. The zero-order chi connectivity index (χ0) is 22.6. The van der Waals surface area contributed by atoms with Crippen molar-refractivity contribution in [1.82, 2.24) is 4.98 Å². The third kappa shape index (κ3) is 5.62. The number of hydrogen-bond donors (Lipinski definition) is 1. The van der Waals surface area contributed by atoms with Gasteiger partial charge in [-0.1, -0.05) is 13.8 Å². The highest BCUT2D eigenvalue weighted by atomic mass is 32.2. The summed E-state index contributed by atoms with van der Waals surface area (Å²) in [5.41, 5.74) is -4.32. The van der Waals surface area contributed by atoms with Crippen molar-refractivity contribution in [2.24, 2.45) is 5.92 Å². The SMILES string of the molecule is COc1ccc(SCc2c(C(F)(F)F)nc(C(F)F)c(C(=O)O)c2CC(C)C)cc1. The standard InChI is InChI=1S/C20H20F5NO3S/c1-10(2)8-13-14(9-30-12-6-4-11(29-3)5-7-12)17(20(23,24)25)26-16(18(21)22)15(13)19(27)28/h4-7,10,18H,8-9H2,1-3H3,(H,27,28). The quantitative estimate of drug-likeness (QED) is 0.382. The van der Waals surface area contributed by atoms with Gasteiger partial charge in [0.2, 0.25) is 0 Å². The fourth-order valence-corrected chi connectivity index (χ4v) is 3.89. The average Bonchev–Trinajstić information content (AvgIpc) is 2.64. The van der Waals surface area contributed by atoms with E-state index in [2.05, 4.69) is 4.98 Å². The molecule has 164 valence electrons. The van der Waals surface area contributed by atoms with E-state index in [0.717, 1.165) is 11.8 Å². The second kappa shape index (κ2) is 9.63. The van der Waals surface area contributed by atoms with Gasteiger partial charge in [0, 0.05) is 10.6 Å². The Morgan fingerprint density at radius 2 is 1.77 bits per heavy atom. The minimum absolute atomic E-state index is 0.106.